The van der Waals surface area contributed by atoms with Gasteiger partial charge in [-0.25, -0.2) is 4.79 Å². The zero-order valence-corrected chi connectivity index (χ0v) is 15.9. The first kappa shape index (κ1) is 18.7. The second-order valence-electron chi connectivity index (χ2n) is 6.17. The number of hydrogen-bond acceptors (Lipinski definition) is 4. The summed E-state index contributed by atoms with van der Waals surface area (Å²) in [4.78, 5) is 27.6. The molecule has 0 aliphatic heterocycles. The molecule has 0 amide bonds. The van der Waals surface area contributed by atoms with Crippen LogP contribution in [0, 0.1) is 0 Å². The number of anilines is 1. The molecule has 27 heavy (non-hydrogen) atoms. The van der Waals surface area contributed by atoms with Crippen molar-refractivity contribution in [2.45, 2.75) is 20.8 Å². The third-order valence-electron chi connectivity index (χ3n) is 4.66. The lowest BCUT2D eigenvalue weighted by Crippen LogP contribution is -2.21. The minimum absolute atomic E-state index is 0.127. The quantitative estimate of drug-likeness (QED) is 0.466. The number of ether oxygens (including phenoxy) is 1. The van der Waals surface area contributed by atoms with Crippen LogP contribution in [0.25, 0.3) is 5.52 Å². The second-order valence-corrected chi connectivity index (χ2v) is 6.17. The van der Waals surface area contributed by atoms with Crippen molar-refractivity contribution in [3.8, 4) is 0 Å². The lowest BCUT2D eigenvalue weighted by molar-refractivity contribution is 0.0529. The average molecular weight is 364 g/mol. The molecule has 3 aromatic rings. The van der Waals surface area contributed by atoms with Gasteiger partial charge in [-0.2, -0.15) is 0 Å². The van der Waals surface area contributed by atoms with Crippen LogP contribution in [0.2, 0.25) is 0 Å². The molecule has 5 heteroatoms. The Morgan fingerprint density at radius 2 is 1.70 bits per heavy atom. The number of nitrogens with zero attached hydrogens (tertiary/aromatic N) is 2. The highest BCUT2D eigenvalue weighted by molar-refractivity contribution is 6.11. The molecule has 5 nitrogen and oxygen atoms in total. The topological polar surface area (TPSA) is 51.0 Å². The van der Waals surface area contributed by atoms with Crippen LogP contribution in [0.1, 0.15) is 47.2 Å². The number of esters is 1. The van der Waals surface area contributed by atoms with Crippen molar-refractivity contribution < 1.29 is 14.3 Å². The molecule has 0 fully saturated rings. The van der Waals surface area contributed by atoms with E-state index in [1.165, 1.54) is 0 Å². The summed E-state index contributed by atoms with van der Waals surface area (Å²) in [7, 11) is 0. The van der Waals surface area contributed by atoms with E-state index >= 15 is 0 Å². The molecule has 0 N–H and O–H groups in total. The SMILES string of the molecule is CCOC(=O)c1cc(C(=O)c2ccc(N(CC)CC)cc2)n2ccccc12. The smallest absolute Gasteiger partial charge is 0.340 e. The Kier molecular flexibility index (Phi) is 5.60. The number of pyridine rings is 1. The minimum atomic E-state index is -0.419. The van der Waals surface area contributed by atoms with Crippen LogP contribution in [-0.2, 0) is 4.74 Å². The van der Waals surface area contributed by atoms with Crippen LogP contribution >= 0.6 is 0 Å². The highest BCUT2D eigenvalue weighted by Crippen LogP contribution is 2.22. The van der Waals surface area contributed by atoms with E-state index in [0.717, 1.165) is 18.8 Å². The van der Waals surface area contributed by atoms with Gasteiger partial charge in [0.15, 0.2) is 0 Å². The Bertz CT molecular complexity index is 953. The summed E-state index contributed by atoms with van der Waals surface area (Å²) in [5, 5.41) is 0. The maximum absolute atomic E-state index is 13.1. The van der Waals surface area contributed by atoms with Crippen molar-refractivity contribution in [2.24, 2.45) is 0 Å². The number of ketones is 1. The monoisotopic (exact) mass is 364 g/mol. The van der Waals surface area contributed by atoms with Gasteiger partial charge in [0.25, 0.3) is 0 Å². The van der Waals surface area contributed by atoms with Crippen LogP contribution in [0.4, 0.5) is 5.69 Å². The summed E-state index contributed by atoms with van der Waals surface area (Å²) in [5.41, 5.74) is 3.19. The Morgan fingerprint density at radius 1 is 1.00 bits per heavy atom. The van der Waals surface area contributed by atoms with Gasteiger partial charge < -0.3 is 14.0 Å². The number of fused-ring (bicyclic) bond motifs is 1. The van der Waals surface area contributed by atoms with Crippen molar-refractivity contribution in [1.29, 1.82) is 0 Å². The third-order valence-corrected chi connectivity index (χ3v) is 4.66. The number of hydrogen-bond donors (Lipinski definition) is 0. The molecule has 0 saturated carbocycles. The summed E-state index contributed by atoms with van der Waals surface area (Å²) in [6.45, 7) is 8.09. The molecule has 0 unspecified atom stereocenters. The number of rotatable bonds is 7. The number of carbonyl (C=O) groups excluding carboxylic acids is 2. The Hall–Kier alpha value is -3.08. The van der Waals surface area contributed by atoms with Gasteiger partial charge in [0.1, 0.15) is 0 Å². The van der Waals surface area contributed by atoms with E-state index in [1.807, 2.05) is 42.5 Å². The molecule has 0 aliphatic rings. The zero-order chi connectivity index (χ0) is 19.4. The first-order valence-electron chi connectivity index (χ1n) is 9.27. The van der Waals surface area contributed by atoms with Crippen molar-refractivity contribution in [1.82, 2.24) is 4.40 Å². The molecule has 1 aromatic carbocycles. The van der Waals surface area contributed by atoms with Crippen LogP contribution < -0.4 is 4.90 Å². The highest BCUT2D eigenvalue weighted by atomic mass is 16.5. The van der Waals surface area contributed by atoms with Gasteiger partial charge in [0, 0.05) is 30.5 Å². The van der Waals surface area contributed by atoms with E-state index in [2.05, 4.69) is 18.7 Å². The predicted octanol–water partition coefficient (Wildman–Crippen LogP) is 4.19. The predicted molar refractivity (Wildman–Crippen MR) is 107 cm³/mol. The van der Waals surface area contributed by atoms with Crippen molar-refractivity contribution in [3.05, 3.63) is 71.5 Å². The lowest BCUT2D eigenvalue weighted by Gasteiger charge is -2.21. The fourth-order valence-electron chi connectivity index (χ4n) is 3.26. The summed E-state index contributed by atoms with van der Waals surface area (Å²) >= 11 is 0. The molecule has 140 valence electrons. The molecule has 0 radical (unpaired) electrons. The second kappa shape index (κ2) is 8.08. The zero-order valence-electron chi connectivity index (χ0n) is 15.9. The van der Waals surface area contributed by atoms with Gasteiger partial charge in [0.2, 0.25) is 5.78 Å². The largest absolute Gasteiger partial charge is 0.462 e. The van der Waals surface area contributed by atoms with Gasteiger partial charge in [-0.1, -0.05) is 6.07 Å². The summed E-state index contributed by atoms with van der Waals surface area (Å²) in [6, 6.07) is 14.7. The maximum atomic E-state index is 13.1. The lowest BCUT2D eigenvalue weighted by atomic mass is 10.1. The summed E-state index contributed by atoms with van der Waals surface area (Å²) in [5.74, 6) is -0.546. The first-order valence-corrected chi connectivity index (χ1v) is 9.27. The van der Waals surface area contributed by atoms with E-state index in [1.54, 1.807) is 23.6 Å². The molecule has 0 atom stereocenters. The molecule has 0 spiro atoms. The normalized spacial score (nSPS) is 10.8. The minimum Gasteiger partial charge on any atom is -0.462 e. The van der Waals surface area contributed by atoms with E-state index < -0.39 is 5.97 Å². The van der Waals surface area contributed by atoms with Crippen molar-refractivity contribution in [2.75, 3.05) is 24.6 Å². The Balaban J connectivity index is 2.00. The van der Waals surface area contributed by atoms with Crippen LogP contribution in [0.5, 0.6) is 0 Å². The molecular formula is C22H24N2O3. The van der Waals surface area contributed by atoms with E-state index in [4.69, 9.17) is 4.74 Å². The van der Waals surface area contributed by atoms with Crippen LogP contribution in [-0.4, -0.2) is 35.8 Å². The fraction of sp³-hybridized carbons (Fsp3) is 0.273. The molecule has 2 aromatic heterocycles. The highest BCUT2D eigenvalue weighted by Gasteiger charge is 2.21. The maximum Gasteiger partial charge on any atom is 0.340 e. The Morgan fingerprint density at radius 3 is 2.33 bits per heavy atom. The van der Waals surface area contributed by atoms with E-state index in [9.17, 15) is 9.59 Å². The van der Waals surface area contributed by atoms with E-state index in [-0.39, 0.29) is 5.78 Å². The first-order chi connectivity index (χ1) is 13.1. The van der Waals surface area contributed by atoms with Gasteiger partial charge >= 0.3 is 5.97 Å². The van der Waals surface area contributed by atoms with Crippen LogP contribution in [0.3, 0.4) is 0 Å². The summed E-state index contributed by atoms with van der Waals surface area (Å²) in [6.07, 6.45) is 1.79. The van der Waals surface area contributed by atoms with Crippen molar-refractivity contribution >= 4 is 23.0 Å². The molecule has 2 heterocycles. The standard InChI is InChI=1S/C22H24N2O3/c1-4-23(5-2)17-12-10-16(11-13-17)21(25)20-15-18(22(26)27-6-3)19-9-7-8-14-24(19)20/h7-15H,4-6H2,1-3H3. The molecule has 3 rings (SSSR count). The van der Waals surface area contributed by atoms with Gasteiger partial charge in [-0.3, -0.25) is 4.79 Å². The van der Waals surface area contributed by atoms with E-state index in [0.29, 0.717) is 28.9 Å². The number of benzene rings is 1. The Labute approximate surface area is 159 Å². The van der Waals surface area contributed by atoms with Crippen molar-refractivity contribution in [3.63, 3.8) is 0 Å². The third kappa shape index (κ3) is 3.58. The molecular weight excluding hydrogens is 340 g/mol. The van der Waals surface area contributed by atoms with Crippen LogP contribution in [0.15, 0.2) is 54.7 Å². The molecule has 0 saturated heterocycles. The van der Waals surface area contributed by atoms with Gasteiger partial charge in [-0.15, -0.1) is 0 Å². The number of aromatic nitrogens is 1. The average Bonchev–Trinajstić information content (AvgIpc) is 3.09. The molecule has 0 aliphatic carbocycles. The number of carbonyl (C=O) groups is 2. The fourth-order valence-corrected chi connectivity index (χ4v) is 3.26. The van der Waals surface area contributed by atoms with Gasteiger partial charge in [0.05, 0.1) is 23.4 Å². The summed E-state index contributed by atoms with van der Waals surface area (Å²) < 4.78 is 6.88. The van der Waals surface area contributed by atoms with Gasteiger partial charge in [-0.05, 0) is 63.2 Å². The molecule has 0 bridgehead atoms.